The molecule has 5 nitrogen and oxygen atoms in total. The summed E-state index contributed by atoms with van der Waals surface area (Å²) in [6.07, 6.45) is 1.36. The Morgan fingerprint density at radius 2 is 2.07 bits per heavy atom. The van der Waals surface area contributed by atoms with Crippen LogP contribution in [-0.2, 0) is 4.74 Å². The number of aliphatic imine (C=N–C) groups is 1. The summed E-state index contributed by atoms with van der Waals surface area (Å²) in [6.45, 7) is 6.57. The third-order valence-electron chi connectivity index (χ3n) is 1.95. The molecule has 1 aliphatic rings. The first-order valence-corrected chi connectivity index (χ1v) is 5.38. The van der Waals surface area contributed by atoms with Gasteiger partial charge in [-0.15, -0.1) is 0 Å². The Morgan fingerprint density at radius 1 is 1.47 bits per heavy atom. The zero-order valence-electron chi connectivity index (χ0n) is 8.45. The number of nitrogens with two attached hydrogens (primary N) is 2. The third kappa shape index (κ3) is 3.56. The first kappa shape index (κ1) is 12.1. The van der Waals surface area contributed by atoms with E-state index in [4.69, 9.17) is 16.2 Å². The molecule has 0 aromatic rings. The number of hydrogen-bond acceptors (Lipinski definition) is 4. The van der Waals surface area contributed by atoms with Gasteiger partial charge in [-0.25, -0.2) is 4.99 Å². The van der Waals surface area contributed by atoms with Crippen molar-refractivity contribution < 1.29 is 4.74 Å². The molecule has 0 amide bonds. The molecular formula is C9H15BrN4O. The van der Waals surface area contributed by atoms with E-state index < -0.39 is 0 Å². The van der Waals surface area contributed by atoms with Gasteiger partial charge in [-0.2, -0.15) is 0 Å². The molecule has 0 bridgehead atoms. The molecule has 0 atom stereocenters. The van der Waals surface area contributed by atoms with Crippen molar-refractivity contribution in [3.63, 3.8) is 0 Å². The van der Waals surface area contributed by atoms with Gasteiger partial charge >= 0.3 is 0 Å². The monoisotopic (exact) mass is 274 g/mol. The van der Waals surface area contributed by atoms with E-state index in [1.807, 2.05) is 4.90 Å². The second-order valence-corrected chi connectivity index (χ2v) is 3.86. The molecular weight excluding hydrogens is 260 g/mol. The van der Waals surface area contributed by atoms with Crippen LogP contribution in [0.4, 0.5) is 0 Å². The van der Waals surface area contributed by atoms with Crippen molar-refractivity contribution in [1.29, 1.82) is 0 Å². The fourth-order valence-corrected chi connectivity index (χ4v) is 1.43. The lowest BCUT2D eigenvalue weighted by Gasteiger charge is -2.29. The van der Waals surface area contributed by atoms with Crippen LogP contribution < -0.4 is 11.5 Å². The molecule has 0 saturated carbocycles. The van der Waals surface area contributed by atoms with Crippen LogP contribution in [0.5, 0.6) is 0 Å². The Labute approximate surface area is 97.6 Å². The fraction of sp³-hybridized carbons (Fsp3) is 0.444. The summed E-state index contributed by atoms with van der Waals surface area (Å²) >= 11 is 3.21. The number of ether oxygens (including phenoxy) is 1. The lowest BCUT2D eigenvalue weighted by Crippen LogP contribution is -2.42. The largest absolute Gasteiger partial charge is 0.402 e. The fourth-order valence-electron chi connectivity index (χ4n) is 1.26. The summed E-state index contributed by atoms with van der Waals surface area (Å²) in [4.78, 5) is 6.26. The molecule has 84 valence electrons. The minimum atomic E-state index is 0.427. The number of halogens is 1. The molecule has 15 heavy (non-hydrogen) atoms. The number of nitrogens with zero attached hydrogens (tertiary/aromatic N) is 2. The SMILES string of the molecule is C=C(N)C(=N/C(Br)=C\N)N1CCOCC1. The van der Waals surface area contributed by atoms with Gasteiger partial charge in [-0.3, -0.25) is 0 Å². The van der Waals surface area contributed by atoms with Crippen molar-refractivity contribution in [2.24, 2.45) is 16.5 Å². The summed E-state index contributed by atoms with van der Waals surface area (Å²) in [5.41, 5.74) is 11.4. The lowest BCUT2D eigenvalue weighted by atomic mass is 10.3. The smallest absolute Gasteiger partial charge is 0.152 e. The van der Waals surface area contributed by atoms with Gasteiger partial charge in [0.1, 0.15) is 4.61 Å². The van der Waals surface area contributed by atoms with Crippen LogP contribution in [0.15, 0.2) is 28.1 Å². The summed E-state index contributed by atoms with van der Waals surface area (Å²) in [5, 5.41) is 0. The van der Waals surface area contributed by atoms with Crippen LogP contribution in [0.1, 0.15) is 0 Å². The molecule has 0 radical (unpaired) electrons. The molecule has 1 aliphatic heterocycles. The minimum Gasteiger partial charge on any atom is -0.402 e. The third-order valence-corrected chi connectivity index (χ3v) is 2.39. The van der Waals surface area contributed by atoms with Crippen molar-refractivity contribution in [2.45, 2.75) is 0 Å². The maximum absolute atomic E-state index is 5.67. The molecule has 1 heterocycles. The molecule has 0 aliphatic carbocycles. The average molecular weight is 275 g/mol. The predicted molar refractivity (Wildman–Crippen MR) is 64.4 cm³/mol. The summed E-state index contributed by atoms with van der Waals surface area (Å²) in [5.74, 6) is 0.645. The number of amidine groups is 1. The first-order valence-electron chi connectivity index (χ1n) is 4.58. The Morgan fingerprint density at radius 3 is 2.53 bits per heavy atom. The number of morpholine rings is 1. The van der Waals surface area contributed by atoms with E-state index in [0.29, 0.717) is 29.4 Å². The van der Waals surface area contributed by atoms with Gasteiger partial charge in [0.25, 0.3) is 0 Å². The molecule has 0 spiro atoms. The van der Waals surface area contributed by atoms with E-state index in [2.05, 4.69) is 27.5 Å². The van der Waals surface area contributed by atoms with Crippen molar-refractivity contribution in [3.8, 4) is 0 Å². The standard InChI is InChI=1S/C9H15BrN4O/c1-7(12)9(13-8(10)6-11)14-2-4-15-5-3-14/h6H,1-5,11-12H2/b8-6-,13-9?. The maximum atomic E-state index is 5.67. The highest BCUT2D eigenvalue weighted by molar-refractivity contribution is 9.11. The highest BCUT2D eigenvalue weighted by Gasteiger charge is 2.16. The average Bonchev–Trinajstić information content (AvgIpc) is 2.26. The molecule has 4 N–H and O–H groups in total. The number of rotatable bonds is 2. The van der Waals surface area contributed by atoms with E-state index in [1.165, 1.54) is 6.20 Å². The van der Waals surface area contributed by atoms with Gasteiger partial charge in [0, 0.05) is 19.3 Å². The normalized spacial score (nSPS) is 19.1. The quantitative estimate of drug-likeness (QED) is 0.433. The van der Waals surface area contributed by atoms with Crippen molar-refractivity contribution in [3.05, 3.63) is 23.1 Å². The van der Waals surface area contributed by atoms with E-state index in [1.54, 1.807) is 0 Å². The zero-order chi connectivity index (χ0) is 11.3. The van der Waals surface area contributed by atoms with Crippen molar-refractivity contribution in [2.75, 3.05) is 26.3 Å². The van der Waals surface area contributed by atoms with Crippen molar-refractivity contribution in [1.82, 2.24) is 4.90 Å². The van der Waals surface area contributed by atoms with Crippen molar-refractivity contribution >= 4 is 21.8 Å². The molecule has 6 heteroatoms. The highest BCUT2D eigenvalue weighted by atomic mass is 79.9. The molecule has 0 unspecified atom stereocenters. The van der Waals surface area contributed by atoms with Crippen LogP contribution >= 0.6 is 15.9 Å². The summed E-state index contributed by atoms with van der Waals surface area (Å²) in [7, 11) is 0. The Kier molecular flexibility index (Phi) is 4.64. The van der Waals surface area contributed by atoms with Crippen LogP contribution in [0.3, 0.4) is 0 Å². The molecule has 1 saturated heterocycles. The Hall–Kier alpha value is -1.01. The first-order chi connectivity index (χ1) is 7.15. The van der Waals surface area contributed by atoms with Gasteiger partial charge in [0.2, 0.25) is 0 Å². The maximum Gasteiger partial charge on any atom is 0.152 e. The molecule has 0 aromatic carbocycles. The highest BCUT2D eigenvalue weighted by Crippen LogP contribution is 2.10. The van der Waals surface area contributed by atoms with Crippen LogP contribution in [0.2, 0.25) is 0 Å². The molecule has 1 fully saturated rings. The van der Waals surface area contributed by atoms with Crippen LogP contribution in [-0.4, -0.2) is 37.0 Å². The minimum absolute atomic E-state index is 0.427. The Bertz CT molecular complexity index is 294. The summed E-state index contributed by atoms with van der Waals surface area (Å²) in [6, 6.07) is 0. The second-order valence-electron chi connectivity index (χ2n) is 3.05. The van der Waals surface area contributed by atoms with Gasteiger partial charge in [-0.1, -0.05) is 6.58 Å². The van der Waals surface area contributed by atoms with E-state index in [-0.39, 0.29) is 0 Å². The zero-order valence-corrected chi connectivity index (χ0v) is 10.0. The molecule has 1 rings (SSSR count). The summed E-state index contributed by atoms with van der Waals surface area (Å²) < 4.78 is 5.78. The van der Waals surface area contributed by atoms with E-state index in [0.717, 1.165) is 13.1 Å². The predicted octanol–water partition coefficient (Wildman–Crippen LogP) is 0.342. The topological polar surface area (TPSA) is 76.9 Å². The second kappa shape index (κ2) is 5.77. The Balaban J connectivity index is 2.81. The molecule has 0 aromatic heterocycles. The van der Waals surface area contributed by atoms with Gasteiger partial charge in [0.05, 0.1) is 18.9 Å². The van der Waals surface area contributed by atoms with Gasteiger partial charge in [0.15, 0.2) is 5.84 Å². The van der Waals surface area contributed by atoms with Crippen LogP contribution in [0, 0.1) is 0 Å². The van der Waals surface area contributed by atoms with Gasteiger partial charge < -0.3 is 21.1 Å². The van der Waals surface area contributed by atoms with E-state index in [9.17, 15) is 0 Å². The lowest BCUT2D eigenvalue weighted by molar-refractivity contribution is 0.0682. The van der Waals surface area contributed by atoms with Crippen LogP contribution in [0.25, 0.3) is 0 Å². The van der Waals surface area contributed by atoms with E-state index >= 15 is 0 Å². The number of hydrogen-bond donors (Lipinski definition) is 2. The van der Waals surface area contributed by atoms with Gasteiger partial charge in [-0.05, 0) is 15.9 Å².